The third kappa shape index (κ3) is 8.32. The van der Waals surface area contributed by atoms with E-state index in [-0.39, 0.29) is 32.6 Å². The number of aromatic nitrogens is 1. The fourth-order valence-corrected chi connectivity index (χ4v) is 1.19. The van der Waals surface area contributed by atoms with Crippen LogP contribution in [0.3, 0.4) is 0 Å². The normalized spacial score (nSPS) is 11.2. The number of ether oxygens (including phenoxy) is 1. The summed E-state index contributed by atoms with van der Waals surface area (Å²) in [5.74, 6) is -0.513. The minimum Gasteiger partial charge on any atom is -0.531 e. The molecule has 0 aliphatic carbocycles. The number of carboxylic acid groups (broad SMARTS) is 1. The molecular weight excluding hydrogens is 463 g/mol. The fourth-order valence-electron chi connectivity index (χ4n) is 1.19. The van der Waals surface area contributed by atoms with Gasteiger partial charge in [-0.25, -0.2) is 0 Å². The first-order valence-electron chi connectivity index (χ1n) is 5.37. The summed E-state index contributed by atoms with van der Waals surface area (Å²) < 4.78 is 43.0. The monoisotopic (exact) mass is 478 g/mol. The van der Waals surface area contributed by atoms with Crippen molar-refractivity contribution in [2.45, 2.75) is 25.6 Å². The molecule has 3 N–H and O–H groups in total. The maximum atomic E-state index is 12.7. The summed E-state index contributed by atoms with van der Waals surface area (Å²) in [4.78, 5) is 11.8. The number of carbonyl (C=O) groups is 1. The van der Waals surface area contributed by atoms with Gasteiger partial charge < -0.3 is 20.6 Å². The zero-order valence-electron chi connectivity index (χ0n) is 11.0. The van der Waals surface area contributed by atoms with Gasteiger partial charge in [-0.1, -0.05) is 18.0 Å². The summed E-state index contributed by atoms with van der Waals surface area (Å²) in [6, 6.07) is 0.753. The van der Waals surface area contributed by atoms with Crippen LogP contribution in [0.2, 0.25) is 0 Å². The molecule has 1 aromatic heterocycles. The van der Waals surface area contributed by atoms with Gasteiger partial charge in [0.05, 0.1) is 6.10 Å². The molecule has 1 radical (unpaired) electrons. The van der Waals surface area contributed by atoms with Crippen LogP contribution in [-0.2, 0) is 31.4 Å². The molecule has 0 saturated carbocycles. The molecule has 1 heterocycles. The number of halogens is 3. The fraction of sp³-hybridized carbons (Fsp3) is 0.333. The predicted molar refractivity (Wildman–Crippen MR) is 66.1 cm³/mol. The number of hydrogen-bond acceptors (Lipinski definition) is 4. The van der Waals surface area contributed by atoms with Gasteiger partial charge in [0.15, 0.2) is 0 Å². The molecule has 0 bridgehead atoms. The van der Waals surface area contributed by atoms with Crippen molar-refractivity contribution < 1.29 is 48.2 Å². The van der Waals surface area contributed by atoms with Gasteiger partial charge in [-0.2, -0.15) is 13.2 Å². The number of pyridine rings is 1. The Morgan fingerprint density at radius 2 is 2.14 bits per heavy atom. The summed E-state index contributed by atoms with van der Waals surface area (Å²) >= 11 is 0. The van der Waals surface area contributed by atoms with Gasteiger partial charge in [0.25, 0.3) is 6.47 Å². The van der Waals surface area contributed by atoms with Gasteiger partial charge in [-0.05, 0) is 6.92 Å². The summed E-state index contributed by atoms with van der Waals surface area (Å²) in [7, 11) is 0. The number of nitrogen functional groups attached to an aromatic ring is 1. The topological polar surface area (TPSA) is 85.4 Å². The standard InChI is InChI=1S/C11H12F3N2O.CH2O2.Re/c1-3-4-7(2)17-10-9(11(12,13)14)5-8(15)6-16-10;2-1-3;/h3,5,7H,1,4,15H2,2H3;1H,(H,2,3);/q-1;;/t7-;;/m1../s1. The summed E-state index contributed by atoms with van der Waals surface area (Å²) in [5, 5.41) is 6.89. The summed E-state index contributed by atoms with van der Waals surface area (Å²) in [6.07, 6.45) is -0.791. The number of anilines is 1. The van der Waals surface area contributed by atoms with Crippen LogP contribution in [0, 0.1) is 6.20 Å². The van der Waals surface area contributed by atoms with E-state index < -0.39 is 23.7 Å². The van der Waals surface area contributed by atoms with Crippen LogP contribution >= 0.6 is 0 Å². The Kier molecular flexibility index (Phi) is 10.5. The van der Waals surface area contributed by atoms with E-state index in [4.69, 9.17) is 20.4 Å². The first-order valence-corrected chi connectivity index (χ1v) is 5.37. The summed E-state index contributed by atoms with van der Waals surface area (Å²) in [6.45, 7) is 4.85. The zero-order chi connectivity index (χ0) is 15.8. The molecule has 9 heteroatoms. The molecule has 119 valence electrons. The molecule has 1 atom stereocenters. The van der Waals surface area contributed by atoms with E-state index in [1.54, 1.807) is 13.0 Å². The third-order valence-electron chi connectivity index (χ3n) is 1.93. The second-order valence-electron chi connectivity index (χ2n) is 3.60. The molecule has 0 saturated heterocycles. The van der Waals surface area contributed by atoms with Crippen LogP contribution in [-0.4, -0.2) is 22.7 Å². The number of hydrogen-bond donors (Lipinski definition) is 2. The molecule has 0 spiro atoms. The van der Waals surface area contributed by atoms with E-state index in [0.717, 1.165) is 6.07 Å². The molecule has 0 fully saturated rings. The third-order valence-corrected chi connectivity index (χ3v) is 1.93. The van der Waals surface area contributed by atoms with Crippen molar-refractivity contribution in [1.82, 2.24) is 4.98 Å². The first-order chi connectivity index (χ1) is 9.26. The smallest absolute Gasteiger partial charge is 0.399 e. The van der Waals surface area contributed by atoms with Crippen molar-refractivity contribution in [3.05, 3.63) is 30.5 Å². The van der Waals surface area contributed by atoms with Crippen LogP contribution in [0.15, 0.2) is 18.7 Å². The minimum absolute atomic E-state index is 0. The van der Waals surface area contributed by atoms with E-state index in [1.807, 2.05) is 0 Å². The maximum absolute atomic E-state index is 12.7. The molecule has 21 heavy (non-hydrogen) atoms. The van der Waals surface area contributed by atoms with Gasteiger partial charge in [0.1, 0.15) is 5.88 Å². The zero-order valence-corrected chi connectivity index (χ0v) is 13.7. The second kappa shape index (κ2) is 10.2. The molecule has 0 aliphatic heterocycles. The van der Waals surface area contributed by atoms with Gasteiger partial charge in [0.2, 0.25) is 0 Å². The SMILES string of the molecule is C=CC[C@@H](C)Oc1n[c-]c(N)cc1C(F)(F)F.O=CO.[Re]. The Hall–Kier alpha value is -1.59. The van der Waals surface area contributed by atoms with Crippen LogP contribution in [0.1, 0.15) is 18.9 Å². The quantitative estimate of drug-likeness (QED) is 0.396. The Morgan fingerprint density at radius 3 is 2.57 bits per heavy atom. The van der Waals surface area contributed by atoms with E-state index >= 15 is 0 Å². The molecule has 0 aliphatic rings. The van der Waals surface area contributed by atoms with E-state index in [2.05, 4.69) is 17.8 Å². The van der Waals surface area contributed by atoms with E-state index in [0.29, 0.717) is 6.42 Å². The second-order valence-corrected chi connectivity index (χ2v) is 3.60. The molecule has 0 unspecified atom stereocenters. The average molecular weight is 477 g/mol. The average Bonchev–Trinajstić information content (AvgIpc) is 2.31. The molecule has 0 amide bonds. The number of nitrogens with zero attached hydrogens (tertiary/aromatic N) is 1. The van der Waals surface area contributed by atoms with Crippen LogP contribution in [0.4, 0.5) is 18.9 Å². The Balaban J connectivity index is 0. The van der Waals surface area contributed by atoms with E-state index in [9.17, 15) is 13.2 Å². The van der Waals surface area contributed by atoms with Gasteiger partial charge in [-0.15, -0.1) is 12.6 Å². The Morgan fingerprint density at radius 1 is 1.62 bits per heavy atom. The van der Waals surface area contributed by atoms with Crippen LogP contribution in [0.5, 0.6) is 5.88 Å². The summed E-state index contributed by atoms with van der Waals surface area (Å²) in [5.41, 5.74) is 4.05. The predicted octanol–water partition coefficient (Wildman–Crippen LogP) is 2.52. The maximum Gasteiger partial charge on any atom is 0.399 e. The van der Waals surface area contributed by atoms with Crippen molar-refractivity contribution in [2.75, 3.05) is 5.73 Å². The Bertz CT molecular complexity index is 456. The van der Waals surface area contributed by atoms with Crippen molar-refractivity contribution in [3.63, 3.8) is 0 Å². The molecule has 1 aromatic rings. The molecule has 1 rings (SSSR count). The number of rotatable bonds is 4. The van der Waals surface area contributed by atoms with Crippen molar-refractivity contribution in [2.24, 2.45) is 0 Å². The van der Waals surface area contributed by atoms with Crippen LogP contribution < -0.4 is 10.5 Å². The Labute approximate surface area is 133 Å². The molecule has 5 nitrogen and oxygen atoms in total. The van der Waals surface area contributed by atoms with Gasteiger partial charge >= 0.3 is 6.18 Å². The molecular formula is C12H14F3N2O3Re-. The van der Waals surface area contributed by atoms with E-state index in [1.165, 1.54) is 0 Å². The van der Waals surface area contributed by atoms with Gasteiger partial charge in [-0.3, -0.25) is 4.79 Å². The minimum atomic E-state index is -4.56. The van der Waals surface area contributed by atoms with Crippen molar-refractivity contribution in [3.8, 4) is 5.88 Å². The van der Waals surface area contributed by atoms with Gasteiger partial charge in [0, 0.05) is 32.4 Å². The largest absolute Gasteiger partial charge is 0.531 e. The number of nitrogens with two attached hydrogens (primary N) is 1. The number of alkyl halides is 3. The molecule has 0 aromatic carbocycles. The first kappa shape index (κ1) is 21.7. The van der Waals surface area contributed by atoms with Crippen LogP contribution in [0.25, 0.3) is 0 Å². The van der Waals surface area contributed by atoms with Crippen molar-refractivity contribution in [1.29, 1.82) is 0 Å². The van der Waals surface area contributed by atoms with Crippen molar-refractivity contribution >= 4 is 12.2 Å².